The van der Waals surface area contributed by atoms with Gasteiger partial charge in [-0.25, -0.2) is 0 Å². The highest BCUT2D eigenvalue weighted by atomic mass is 16.2. The van der Waals surface area contributed by atoms with Crippen molar-refractivity contribution in [2.45, 2.75) is 19.4 Å². The van der Waals surface area contributed by atoms with Crippen LogP contribution in [0.25, 0.3) is 5.69 Å². The Morgan fingerprint density at radius 2 is 1.95 bits per heavy atom. The zero-order valence-electron chi connectivity index (χ0n) is 12.0. The minimum Gasteiger partial charge on any atom is -0.336 e. The van der Waals surface area contributed by atoms with Crippen LogP contribution in [0.4, 0.5) is 0 Å². The predicted octanol–water partition coefficient (Wildman–Crippen LogP) is 1.08. The van der Waals surface area contributed by atoms with E-state index in [1.807, 2.05) is 29.2 Å². The Morgan fingerprint density at radius 3 is 2.52 bits per heavy atom. The first-order valence-electron chi connectivity index (χ1n) is 7.15. The van der Waals surface area contributed by atoms with Crippen molar-refractivity contribution in [1.29, 1.82) is 0 Å². The molecule has 0 spiro atoms. The van der Waals surface area contributed by atoms with E-state index >= 15 is 0 Å². The van der Waals surface area contributed by atoms with Crippen LogP contribution in [-0.4, -0.2) is 44.7 Å². The van der Waals surface area contributed by atoms with Gasteiger partial charge >= 0.3 is 0 Å². The van der Waals surface area contributed by atoms with Crippen molar-refractivity contribution < 1.29 is 4.79 Å². The van der Waals surface area contributed by atoms with Gasteiger partial charge in [0.1, 0.15) is 12.7 Å². The van der Waals surface area contributed by atoms with Crippen LogP contribution in [0.3, 0.4) is 0 Å². The zero-order chi connectivity index (χ0) is 14.8. The molecule has 0 saturated carbocycles. The number of benzene rings is 1. The average Bonchev–Trinajstić information content (AvgIpc) is 3.16. The van der Waals surface area contributed by atoms with Crippen molar-refractivity contribution in [3.05, 3.63) is 42.5 Å². The van der Waals surface area contributed by atoms with Crippen molar-refractivity contribution in [1.82, 2.24) is 19.7 Å². The average molecular weight is 285 g/mol. The Hall–Kier alpha value is -2.21. The fraction of sp³-hybridized carbons (Fsp3) is 0.400. The summed E-state index contributed by atoms with van der Waals surface area (Å²) in [6.07, 6.45) is 4.25. The lowest BCUT2D eigenvalue weighted by atomic mass is 10.1. The molecule has 2 aromatic rings. The van der Waals surface area contributed by atoms with Gasteiger partial charge in [-0.05, 0) is 50.1 Å². The summed E-state index contributed by atoms with van der Waals surface area (Å²) >= 11 is 0. The Kier molecular flexibility index (Phi) is 3.70. The molecule has 6 heteroatoms. The molecule has 2 N–H and O–H groups in total. The molecule has 1 aromatic carbocycles. The van der Waals surface area contributed by atoms with Gasteiger partial charge in [0.15, 0.2) is 0 Å². The molecular weight excluding hydrogens is 266 g/mol. The molecule has 0 bridgehead atoms. The van der Waals surface area contributed by atoms with E-state index in [9.17, 15) is 4.79 Å². The molecule has 6 nitrogen and oxygen atoms in total. The summed E-state index contributed by atoms with van der Waals surface area (Å²) in [6, 6.07) is 7.75. The Balaban J connectivity index is 1.76. The number of hydrogen-bond acceptors (Lipinski definition) is 4. The number of aromatic nitrogens is 3. The number of carbonyl (C=O) groups excluding carboxylic acids is 1. The van der Waals surface area contributed by atoms with Gasteiger partial charge in [0.05, 0.1) is 0 Å². The first kappa shape index (κ1) is 13.8. The second-order valence-corrected chi connectivity index (χ2v) is 5.56. The number of nitrogens with zero attached hydrogens (tertiary/aromatic N) is 4. The molecule has 2 unspecified atom stereocenters. The van der Waals surface area contributed by atoms with E-state index < -0.39 is 0 Å². The van der Waals surface area contributed by atoms with Gasteiger partial charge in [-0.1, -0.05) is 0 Å². The van der Waals surface area contributed by atoms with Gasteiger partial charge in [-0.2, -0.15) is 0 Å². The van der Waals surface area contributed by atoms with Gasteiger partial charge in [0.2, 0.25) is 0 Å². The molecule has 1 aliphatic heterocycles. The summed E-state index contributed by atoms with van der Waals surface area (Å²) in [7, 11) is 0. The van der Waals surface area contributed by atoms with Crippen LogP contribution in [0.2, 0.25) is 0 Å². The minimum atomic E-state index is 0.0776. The van der Waals surface area contributed by atoms with Crippen molar-refractivity contribution in [3.63, 3.8) is 0 Å². The second-order valence-electron chi connectivity index (χ2n) is 5.56. The largest absolute Gasteiger partial charge is 0.336 e. The van der Waals surface area contributed by atoms with E-state index in [2.05, 4.69) is 17.1 Å². The van der Waals surface area contributed by atoms with E-state index in [1.54, 1.807) is 17.2 Å². The highest BCUT2D eigenvalue weighted by molar-refractivity contribution is 5.94. The van der Waals surface area contributed by atoms with Crippen molar-refractivity contribution >= 4 is 5.91 Å². The SMILES string of the molecule is CC1CC(CN)CN1C(=O)c1ccc(-n2cnnc2)cc1. The van der Waals surface area contributed by atoms with Crippen LogP contribution in [-0.2, 0) is 0 Å². The standard InChI is InChI=1S/C15H19N5O/c1-11-6-12(7-16)8-20(11)15(21)13-2-4-14(5-3-13)19-9-17-18-10-19/h2-5,9-12H,6-8,16H2,1H3. The van der Waals surface area contributed by atoms with Crippen molar-refractivity contribution in [3.8, 4) is 5.69 Å². The van der Waals surface area contributed by atoms with E-state index in [-0.39, 0.29) is 11.9 Å². The highest BCUT2D eigenvalue weighted by Crippen LogP contribution is 2.24. The monoisotopic (exact) mass is 285 g/mol. The smallest absolute Gasteiger partial charge is 0.254 e. The number of amides is 1. The lowest BCUT2D eigenvalue weighted by molar-refractivity contribution is 0.0743. The van der Waals surface area contributed by atoms with Gasteiger partial charge in [0, 0.05) is 23.8 Å². The van der Waals surface area contributed by atoms with Crippen LogP contribution in [0, 0.1) is 5.92 Å². The molecule has 21 heavy (non-hydrogen) atoms. The topological polar surface area (TPSA) is 77.0 Å². The second kappa shape index (κ2) is 5.65. The molecule has 1 aromatic heterocycles. The van der Waals surface area contributed by atoms with Crippen molar-refractivity contribution in [2.24, 2.45) is 11.7 Å². The normalized spacial score (nSPS) is 21.7. The maximum Gasteiger partial charge on any atom is 0.254 e. The fourth-order valence-corrected chi connectivity index (χ4v) is 2.87. The van der Waals surface area contributed by atoms with Crippen LogP contribution in [0.15, 0.2) is 36.9 Å². The number of likely N-dealkylation sites (tertiary alicyclic amines) is 1. The lowest BCUT2D eigenvalue weighted by Gasteiger charge is -2.21. The number of rotatable bonds is 3. The van der Waals surface area contributed by atoms with Crippen LogP contribution in [0.5, 0.6) is 0 Å². The third-order valence-corrected chi connectivity index (χ3v) is 4.09. The van der Waals surface area contributed by atoms with Gasteiger partial charge in [0.25, 0.3) is 5.91 Å². The molecule has 0 aliphatic carbocycles. The van der Waals surface area contributed by atoms with Gasteiger partial charge < -0.3 is 10.6 Å². The van der Waals surface area contributed by atoms with E-state index in [0.29, 0.717) is 18.0 Å². The molecule has 3 rings (SSSR count). The van der Waals surface area contributed by atoms with Gasteiger partial charge in [-0.3, -0.25) is 9.36 Å². The number of nitrogens with two attached hydrogens (primary N) is 1. The summed E-state index contributed by atoms with van der Waals surface area (Å²) < 4.78 is 1.80. The molecule has 2 atom stereocenters. The van der Waals surface area contributed by atoms with Gasteiger partial charge in [-0.15, -0.1) is 10.2 Å². The number of hydrogen-bond donors (Lipinski definition) is 1. The molecule has 1 aliphatic rings. The summed E-state index contributed by atoms with van der Waals surface area (Å²) in [5.74, 6) is 0.494. The summed E-state index contributed by atoms with van der Waals surface area (Å²) in [4.78, 5) is 14.5. The third-order valence-electron chi connectivity index (χ3n) is 4.09. The molecule has 1 amide bonds. The van der Waals surface area contributed by atoms with E-state index in [4.69, 9.17) is 5.73 Å². The van der Waals surface area contributed by atoms with Crippen LogP contribution >= 0.6 is 0 Å². The molecule has 1 saturated heterocycles. The maximum atomic E-state index is 12.6. The molecular formula is C15H19N5O. The Morgan fingerprint density at radius 1 is 1.29 bits per heavy atom. The summed E-state index contributed by atoms with van der Waals surface area (Å²) in [5, 5.41) is 7.55. The predicted molar refractivity (Wildman–Crippen MR) is 79.0 cm³/mol. The molecule has 1 fully saturated rings. The van der Waals surface area contributed by atoms with Crippen LogP contribution < -0.4 is 5.73 Å². The van der Waals surface area contributed by atoms with E-state index in [1.165, 1.54) is 0 Å². The molecule has 2 heterocycles. The Bertz CT molecular complexity index is 608. The van der Waals surface area contributed by atoms with Crippen LogP contribution in [0.1, 0.15) is 23.7 Å². The fourth-order valence-electron chi connectivity index (χ4n) is 2.87. The third kappa shape index (κ3) is 2.67. The summed E-state index contributed by atoms with van der Waals surface area (Å²) in [5.41, 5.74) is 7.36. The minimum absolute atomic E-state index is 0.0776. The van der Waals surface area contributed by atoms with E-state index in [0.717, 1.165) is 18.7 Å². The maximum absolute atomic E-state index is 12.6. The molecule has 0 radical (unpaired) electrons. The number of carbonyl (C=O) groups is 1. The van der Waals surface area contributed by atoms with Crippen molar-refractivity contribution in [2.75, 3.05) is 13.1 Å². The quantitative estimate of drug-likeness (QED) is 0.915. The lowest BCUT2D eigenvalue weighted by Crippen LogP contribution is -2.34. The first-order chi connectivity index (χ1) is 10.2. The first-order valence-corrected chi connectivity index (χ1v) is 7.15. The molecule has 110 valence electrons. The zero-order valence-corrected chi connectivity index (χ0v) is 12.0. The summed E-state index contributed by atoms with van der Waals surface area (Å²) in [6.45, 7) is 3.48. The highest BCUT2D eigenvalue weighted by Gasteiger charge is 2.31. The Labute approximate surface area is 123 Å².